The van der Waals surface area contributed by atoms with Crippen LogP contribution >= 0.6 is 0 Å². The summed E-state index contributed by atoms with van der Waals surface area (Å²) >= 11 is 0. The number of aryl methyl sites for hydroxylation is 1. The smallest absolute Gasteiger partial charge is 0.264 e. The van der Waals surface area contributed by atoms with E-state index >= 15 is 0 Å². The minimum Gasteiger partial charge on any atom is -0.495 e. The molecular formula is C22H31N2O4S+. The van der Waals surface area contributed by atoms with Gasteiger partial charge in [-0.3, -0.25) is 4.31 Å². The van der Waals surface area contributed by atoms with E-state index in [2.05, 4.69) is 0 Å². The summed E-state index contributed by atoms with van der Waals surface area (Å²) in [5, 5.41) is 10.8. The van der Waals surface area contributed by atoms with Gasteiger partial charge in [0.1, 0.15) is 18.4 Å². The van der Waals surface area contributed by atoms with Gasteiger partial charge in [-0.2, -0.15) is 0 Å². The minimum absolute atomic E-state index is 0.0138. The maximum atomic E-state index is 13.5. The van der Waals surface area contributed by atoms with Gasteiger partial charge in [-0.25, -0.2) is 8.42 Å². The standard InChI is InChI=1S/C22H30N2O4S/c1-18-10-12-20(13-11-18)29(26,27)24(21-8-4-5-9-22(21)28-2)17-19(25)16-23-14-6-3-7-15-23/h4-5,8-13,19,25H,3,6-7,14-17H2,1-2H3/p+1/t19-/m1/s1. The van der Waals surface area contributed by atoms with Crippen molar-refractivity contribution >= 4 is 15.7 Å². The fraction of sp³-hybridized carbons (Fsp3) is 0.455. The van der Waals surface area contributed by atoms with Crippen molar-refractivity contribution in [2.24, 2.45) is 0 Å². The van der Waals surface area contributed by atoms with E-state index in [4.69, 9.17) is 4.74 Å². The first kappa shape index (κ1) is 21.6. The van der Waals surface area contributed by atoms with E-state index in [1.165, 1.54) is 22.7 Å². The highest BCUT2D eigenvalue weighted by Crippen LogP contribution is 2.32. The summed E-state index contributed by atoms with van der Waals surface area (Å²) in [5.74, 6) is 0.459. The van der Waals surface area contributed by atoms with Crippen LogP contribution in [0.1, 0.15) is 24.8 Å². The Morgan fingerprint density at radius 3 is 2.38 bits per heavy atom. The SMILES string of the molecule is COc1ccccc1N(C[C@H](O)C[NH+]1CCCCC1)S(=O)(=O)c1ccc(C)cc1. The lowest BCUT2D eigenvalue weighted by atomic mass is 10.1. The van der Waals surface area contributed by atoms with Crippen molar-refractivity contribution in [3.8, 4) is 5.75 Å². The highest BCUT2D eigenvalue weighted by molar-refractivity contribution is 7.92. The summed E-state index contributed by atoms with van der Waals surface area (Å²) in [5.41, 5.74) is 1.42. The Morgan fingerprint density at radius 1 is 1.07 bits per heavy atom. The van der Waals surface area contributed by atoms with Crippen molar-refractivity contribution in [2.45, 2.75) is 37.2 Å². The van der Waals surface area contributed by atoms with E-state index in [1.807, 2.05) is 6.92 Å². The average molecular weight is 420 g/mol. The zero-order valence-electron chi connectivity index (χ0n) is 17.2. The second-order valence-corrected chi connectivity index (χ2v) is 9.55. The Balaban J connectivity index is 1.92. The number of rotatable bonds is 8. The van der Waals surface area contributed by atoms with Crippen LogP contribution in [-0.2, 0) is 10.0 Å². The number of hydrogen-bond acceptors (Lipinski definition) is 4. The lowest BCUT2D eigenvalue weighted by Gasteiger charge is -2.30. The molecule has 1 heterocycles. The van der Waals surface area contributed by atoms with E-state index in [-0.39, 0.29) is 11.4 Å². The lowest BCUT2D eigenvalue weighted by Crippen LogP contribution is -3.14. The first-order valence-electron chi connectivity index (χ1n) is 10.2. The van der Waals surface area contributed by atoms with Crippen molar-refractivity contribution in [3.05, 3.63) is 54.1 Å². The van der Waals surface area contributed by atoms with Crippen LogP contribution in [0.25, 0.3) is 0 Å². The maximum absolute atomic E-state index is 13.5. The van der Waals surface area contributed by atoms with Gasteiger partial charge in [0.05, 0.1) is 37.3 Å². The summed E-state index contributed by atoms with van der Waals surface area (Å²) in [4.78, 5) is 1.53. The predicted molar refractivity (Wildman–Crippen MR) is 114 cm³/mol. The molecule has 2 aromatic rings. The third-order valence-electron chi connectivity index (χ3n) is 5.42. The molecule has 1 saturated heterocycles. The Hall–Kier alpha value is -2.09. The minimum atomic E-state index is -3.86. The number of sulfonamides is 1. The fourth-order valence-electron chi connectivity index (χ4n) is 3.84. The second kappa shape index (κ2) is 9.61. The highest BCUT2D eigenvalue weighted by atomic mass is 32.2. The molecule has 1 aliphatic heterocycles. The van der Waals surface area contributed by atoms with Crippen LogP contribution in [0.2, 0.25) is 0 Å². The largest absolute Gasteiger partial charge is 0.495 e. The number of piperidine rings is 1. The van der Waals surface area contributed by atoms with Crippen molar-refractivity contribution < 1.29 is 23.2 Å². The van der Waals surface area contributed by atoms with Gasteiger partial charge in [0.15, 0.2) is 0 Å². The van der Waals surface area contributed by atoms with Crippen molar-refractivity contribution in [1.29, 1.82) is 0 Å². The van der Waals surface area contributed by atoms with E-state index in [1.54, 1.807) is 48.5 Å². The molecule has 0 saturated carbocycles. The Labute approximate surface area is 173 Å². The van der Waals surface area contributed by atoms with Crippen LogP contribution in [0.5, 0.6) is 5.75 Å². The Morgan fingerprint density at radius 2 is 1.72 bits per heavy atom. The van der Waals surface area contributed by atoms with E-state index < -0.39 is 16.1 Å². The van der Waals surface area contributed by atoms with Crippen LogP contribution in [0.15, 0.2) is 53.4 Å². The Kier molecular flexibility index (Phi) is 7.16. The summed E-state index contributed by atoms with van der Waals surface area (Å²) in [6.45, 7) is 4.49. The molecule has 0 amide bonds. The van der Waals surface area contributed by atoms with Crippen molar-refractivity contribution in [3.63, 3.8) is 0 Å². The molecule has 7 heteroatoms. The van der Waals surface area contributed by atoms with Gasteiger partial charge in [0.2, 0.25) is 0 Å². The van der Waals surface area contributed by atoms with Crippen LogP contribution < -0.4 is 13.9 Å². The summed E-state index contributed by atoms with van der Waals surface area (Å²) in [6.07, 6.45) is 2.77. The van der Waals surface area contributed by atoms with Crippen LogP contribution in [0.4, 0.5) is 5.69 Å². The van der Waals surface area contributed by atoms with Crippen LogP contribution in [0, 0.1) is 6.92 Å². The molecule has 0 aliphatic carbocycles. The number of nitrogens with one attached hydrogen (secondary N) is 1. The number of ether oxygens (including phenoxy) is 1. The quantitative estimate of drug-likeness (QED) is 0.682. The van der Waals surface area contributed by atoms with E-state index in [0.29, 0.717) is 18.0 Å². The molecule has 158 valence electrons. The molecule has 0 spiro atoms. The molecule has 0 radical (unpaired) electrons. The van der Waals surface area contributed by atoms with Gasteiger partial charge in [-0.15, -0.1) is 0 Å². The number of hydrogen-bond donors (Lipinski definition) is 2. The van der Waals surface area contributed by atoms with E-state index in [9.17, 15) is 13.5 Å². The van der Waals surface area contributed by atoms with Gasteiger partial charge < -0.3 is 14.7 Å². The van der Waals surface area contributed by atoms with Crippen LogP contribution in [-0.4, -0.2) is 52.9 Å². The number of quaternary nitrogens is 1. The number of benzene rings is 2. The molecule has 1 fully saturated rings. The third-order valence-corrected chi connectivity index (χ3v) is 7.22. The molecule has 29 heavy (non-hydrogen) atoms. The normalized spacial score (nSPS) is 16.4. The van der Waals surface area contributed by atoms with Crippen molar-refractivity contribution in [1.82, 2.24) is 0 Å². The molecule has 0 unspecified atom stereocenters. The highest BCUT2D eigenvalue weighted by Gasteiger charge is 2.30. The number of aliphatic hydroxyl groups excluding tert-OH is 1. The fourth-order valence-corrected chi connectivity index (χ4v) is 5.36. The molecule has 3 rings (SSSR count). The number of likely N-dealkylation sites (tertiary alicyclic amines) is 1. The zero-order valence-corrected chi connectivity index (χ0v) is 18.0. The molecule has 2 N–H and O–H groups in total. The summed E-state index contributed by atoms with van der Waals surface area (Å²) in [6, 6.07) is 13.8. The molecule has 6 nitrogen and oxygen atoms in total. The Bertz CT molecular complexity index is 893. The third kappa shape index (κ3) is 5.29. The topological polar surface area (TPSA) is 71.3 Å². The number of anilines is 1. The summed E-state index contributed by atoms with van der Waals surface area (Å²) < 4.78 is 33.7. The van der Waals surface area contributed by atoms with Gasteiger partial charge in [0.25, 0.3) is 10.0 Å². The number of aliphatic hydroxyl groups is 1. The number of methoxy groups -OCH3 is 1. The second-order valence-electron chi connectivity index (χ2n) is 7.69. The molecule has 1 aliphatic rings. The first-order valence-corrected chi connectivity index (χ1v) is 11.6. The number of nitrogens with zero attached hydrogens (tertiary/aromatic N) is 1. The molecule has 0 bridgehead atoms. The first-order chi connectivity index (χ1) is 13.9. The van der Waals surface area contributed by atoms with Gasteiger partial charge in [-0.1, -0.05) is 29.8 Å². The monoisotopic (exact) mass is 419 g/mol. The number of para-hydroxylation sites is 2. The average Bonchev–Trinajstić information content (AvgIpc) is 2.73. The van der Waals surface area contributed by atoms with Crippen molar-refractivity contribution in [2.75, 3.05) is 37.6 Å². The van der Waals surface area contributed by atoms with Gasteiger partial charge in [-0.05, 0) is 50.5 Å². The van der Waals surface area contributed by atoms with Crippen LogP contribution in [0.3, 0.4) is 0 Å². The predicted octanol–water partition coefficient (Wildman–Crippen LogP) is 1.63. The summed E-state index contributed by atoms with van der Waals surface area (Å²) in [7, 11) is -2.34. The molecule has 2 aromatic carbocycles. The van der Waals surface area contributed by atoms with E-state index in [0.717, 1.165) is 31.5 Å². The molecular weight excluding hydrogens is 388 g/mol. The lowest BCUT2D eigenvalue weighted by molar-refractivity contribution is -0.907. The van der Waals surface area contributed by atoms with Gasteiger partial charge >= 0.3 is 0 Å². The molecule has 1 atom stereocenters. The van der Waals surface area contributed by atoms with Gasteiger partial charge in [0, 0.05) is 0 Å². The zero-order chi connectivity index (χ0) is 20.9. The maximum Gasteiger partial charge on any atom is 0.264 e. The molecule has 0 aromatic heterocycles.